The Morgan fingerprint density at radius 2 is 1.80 bits per heavy atom. The topological polar surface area (TPSA) is 85.2 Å². The van der Waals surface area contributed by atoms with Gasteiger partial charge < -0.3 is 15.7 Å². The molecule has 0 atom stereocenters. The molecule has 2 aromatic carbocycles. The average Bonchev–Trinajstić information content (AvgIpc) is 2.64. The number of carbonyl (C=O) groups is 1. The molecule has 0 aliphatic carbocycles. The van der Waals surface area contributed by atoms with Gasteiger partial charge in [-0.05, 0) is 37.0 Å². The Hall–Kier alpha value is -3.26. The van der Waals surface area contributed by atoms with Gasteiger partial charge in [0.15, 0.2) is 0 Å². The molecule has 25 heavy (non-hydrogen) atoms. The molecule has 0 bridgehead atoms. The summed E-state index contributed by atoms with van der Waals surface area (Å²) < 4.78 is 0. The number of aromatic hydroxyl groups is 1. The van der Waals surface area contributed by atoms with Crippen molar-refractivity contribution in [2.24, 2.45) is 0 Å². The van der Waals surface area contributed by atoms with Crippen LogP contribution in [-0.2, 0) is 11.2 Å². The van der Waals surface area contributed by atoms with Crippen molar-refractivity contribution >= 4 is 11.6 Å². The second kappa shape index (κ2) is 9.78. The van der Waals surface area contributed by atoms with E-state index in [0.717, 1.165) is 19.3 Å². The number of hydrogen-bond donors (Lipinski definition) is 3. The van der Waals surface area contributed by atoms with Crippen molar-refractivity contribution in [3.63, 3.8) is 0 Å². The van der Waals surface area contributed by atoms with E-state index in [9.17, 15) is 9.90 Å². The van der Waals surface area contributed by atoms with Crippen molar-refractivity contribution < 1.29 is 9.90 Å². The van der Waals surface area contributed by atoms with Crippen LogP contribution in [0, 0.1) is 11.3 Å². The number of carbonyl (C=O) groups excluding carboxylic acids is 1. The highest BCUT2D eigenvalue weighted by atomic mass is 16.3. The van der Waals surface area contributed by atoms with Crippen LogP contribution in [0.5, 0.6) is 5.75 Å². The SMILES string of the molecule is N#C/C(=C/NCCCCc1ccccc1)C(=O)Nc1ccccc1O. The van der Waals surface area contributed by atoms with Crippen LogP contribution in [-0.4, -0.2) is 17.6 Å². The summed E-state index contributed by atoms with van der Waals surface area (Å²) in [6.45, 7) is 0.682. The second-order valence-corrected chi connectivity index (χ2v) is 5.54. The number of phenols is 1. The van der Waals surface area contributed by atoms with E-state index >= 15 is 0 Å². The van der Waals surface area contributed by atoms with E-state index < -0.39 is 5.91 Å². The number of nitrogens with zero attached hydrogens (tertiary/aromatic N) is 1. The van der Waals surface area contributed by atoms with Crippen molar-refractivity contribution in [1.29, 1.82) is 5.26 Å². The predicted molar refractivity (Wildman–Crippen MR) is 97.8 cm³/mol. The zero-order chi connectivity index (χ0) is 17.9. The Morgan fingerprint density at radius 3 is 2.52 bits per heavy atom. The zero-order valence-electron chi connectivity index (χ0n) is 13.9. The minimum atomic E-state index is -0.555. The lowest BCUT2D eigenvalue weighted by atomic mass is 10.1. The quantitative estimate of drug-likeness (QED) is 0.299. The molecule has 0 saturated carbocycles. The van der Waals surface area contributed by atoms with E-state index in [0.29, 0.717) is 6.54 Å². The van der Waals surface area contributed by atoms with Crippen molar-refractivity contribution in [3.8, 4) is 11.8 Å². The minimum absolute atomic E-state index is 0.0358. The highest BCUT2D eigenvalue weighted by Crippen LogP contribution is 2.21. The maximum atomic E-state index is 12.0. The first-order valence-corrected chi connectivity index (χ1v) is 8.17. The third-order valence-corrected chi connectivity index (χ3v) is 3.64. The van der Waals surface area contributed by atoms with Gasteiger partial charge in [-0.2, -0.15) is 5.26 Å². The molecule has 0 aromatic heterocycles. The van der Waals surface area contributed by atoms with Crippen molar-refractivity contribution in [1.82, 2.24) is 5.32 Å². The number of nitriles is 1. The van der Waals surface area contributed by atoms with Gasteiger partial charge >= 0.3 is 0 Å². The van der Waals surface area contributed by atoms with Crippen molar-refractivity contribution in [3.05, 3.63) is 71.9 Å². The fraction of sp³-hybridized carbons (Fsp3) is 0.200. The number of phenolic OH excluding ortho intramolecular Hbond substituents is 1. The summed E-state index contributed by atoms with van der Waals surface area (Å²) in [6, 6.07) is 18.5. The fourth-order valence-corrected chi connectivity index (χ4v) is 2.29. The van der Waals surface area contributed by atoms with Crippen LogP contribution in [0.3, 0.4) is 0 Å². The molecule has 0 radical (unpaired) electrons. The summed E-state index contributed by atoms with van der Waals surface area (Å²) >= 11 is 0. The van der Waals surface area contributed by atoms with Crippen LogP contribution in [0.1, 0.15) is 18.4 Å². The maximum absolute atomic E-state index is 12.0. The van der Waals surface area contributed by atoms with Gasteiger partial charge in [0.05, 0.1) is 5.69 Å². The third kappa shape index (κ3) is 6.04. The molecule has 0 spiro atoms. The molecule has 2 rings (SSSR count). The third-order valence-electron chi connectivity index (χ3n) is 3.64. The first-order valence-electron chi connectivity index (χ1n) is 8.17. The summed E-state index contributed by atoms with van der Waals surface area (Å²) in [5, 5.41) is 24.3. The predicted octanol–water partition coefficient (Wildman–Crippen LogP) is 3.35. The Labute approximate surface area is 147 Å². The van der Waals surface area contributed by atoms with Gasteiger partial charge in [-0.3, -0.25) is 4.79 Å². The molecule has 5 heteroatoms. The number of nitrogens with one attached hydrogen (secondary N) is 2. The fourth-order valence-electron chi connectivity index (χ4n) is 2.29. The standard InChI is InChI=1S/C20H21N3O2/c21-14-17(20(25)23-18-11-4-5-12-19(18)24)15-22-13-7-6-10-16-8-2-1-3-9-16/h1-5,8-9,11-12,15,22,24H,6-7,10,13H2,(H,23,25)/b17-15-. The molecule has 3 N–H and O–H groups in total. The van der Waals surface area contributed by atoms with E-state index in [2.05, 4.69) is 22.8 Å². The van der Waals surface area contributed by atoms with Gasteiger partial charge in [0.1, 0.15) is 17.4 Å². The molecule has 0 aliphatic rings. The van der Waals surface area contributed by atoms with E-state index in [1.54, 1.807) is 18.2 Å². The number of para-hydroxylation sites is 2. The van der Waals surface area contributed by atoms with Crippen LogP contribution in [0.4, 0.5) is 5.69 Å². The monoisotopic (exact) mass is 335 g/mol. The summed E-state index contributed by atoms with van der Waals surface area (Å²) in [5.41, 5.74) is 1.54. The number of benzene rings is 2. The van der Waals surface area contributed by atoms with Crippen LogP contribution in [0.15, 0.2) is 66.4 Å². The molecule has 2 aromatic rings. The molecular formula is C20H21N3O2. The number of amides is 1. The van der Waals surface area contributed by atoms with E-state index in [1.807, 2.05) is 24.3 Å². The van der Waals surface area contributed by atoms with Crippen LogP contribution >= 0.6 is 0 Å². The second-order valence-electron chi connectivity index (χ2n) is 5.54. The molecule has 128 valence electrons. The van der Waals surface area contributed by atoms with Crippen molar-refractivity contribution in [2.75, 3.05) is 11.9 Å². The maximum Gasteiger partial charge on any atom is 0.267 e. The smallest absolute Gasteiger partial charge is 0.267 e. The van der Waals surface area contributed by atoms with E-state index in [-0.39, 0.29) is 17.0 Å². The molecule has 0 heterocycles. The molecule has 1 amide bonds. The van der Waals surface area contributed by atoms with Gasteiger partial charge in [-0.25, -0.2) is 0 Å². The summed E-state index contributed by atoms with van der Waals surface area (Å²) in [6.07, 6.45) is 4.38. The van der Waals surface area contributed by atoms with Gasteiger partial charge in [0, 0.05) is 12.7 Å². The Morgan fingerprint density at radius 1 is 1.08 bits per heavy atom. The van der Waals surface area contributed by atoms with Crippen LogP contribution < -0.4 is 10.6 Å². The number of rotatable bonds is 8. The Balaban J connectivity index is 1.75. The molecular weight excluding hydrogens is 314 g/mol. The highest BCUT2D eigenvalue weighted by Gasteiger charge is 2.10. The summed E-state index contributed by atoms with van der Waals surface area (Å²) in [4.78, 5) is 12.0. The normalized spacial score (nSPS) is 10.8. The molecule has 0 saturated heterocycles. The van der Waals surface area contributed by atoms with E-state index in [4.69, 9.17) is 5.26 Å². The molecule has 0 unspecified atom stereocenters. The van der Waals surface area contributed by atoms with Gasteiger partial charge in [-0.15, -0.1) is 0 Å². The highest BCUT2D eigenvalue weighted by molar-refractivity contribution is 6.07. The van der Waals surface area contributed by atoms with Gasteiger partial charge in [0.2, 0.25) is 0 Å². The first-order chi connectivity index (χ1) is 12.2. The lowest BCUT2D eigenvalue weighted by Crippen LogP contribution is -2.17. The number of hydrogen-bond acceptors (Lipinski definition) is 4. The minimum Gasteiger partial charge on any atom is -0.506 e. The molecule has 0 fully saturated rings. The molecule has 5 nitrogen and oxygen atoms in total. The Kier molecular flexibility index (Phi) is 7.08. The van der Waals surface area contributed by atoms with Gasteiger partial charge in [0.25, 0.3) is 5.91 Å². The number of unbranched alkanes of at least 4 members (excludes halogenated alkanes) is 1. The van der Waals surface area contributed by atoms with Crippen LogP contribution in [0.25, 0.3) is 0 Å². The number of aryl methyl sites for hydroxylation is 1. The average molecular weight is 335 g/mol. The summed E-state index contributed by atoms with van der Waals surface area (Å²) in [7, 11) is 0. The first kappa shape index (κ1) is 18.1. The van der Waals surface area contributed by atoms with E-state index in [1.165, 1.54) is 17.8 Å². The Bertz CT molecular complexity index is 764. The summed E-state index contributed by atoms with van der Waals surface area (Å²) in [5.74, 6) is -0.595. The number of anilines is 1. The lowest BCUT2D eigenvalue weighted by Gasteiger charge is -2.06. The largest absolute Gasteiger partial charge is 0.506 e. The lowest BCUT2D eigenvalue weighted by molar-refractivity contribution is -0.112. The zero-order valence-corrected chi connectivity index (χ0v) is 13.9. The van der Waals surface area contributed by atoms with Crippen molar-refractivity contribution in [2.45, 2.75) is 19.3 Å². The van der Waals surface area contributed by atoms with Gasteiger partial charge in [-0.1, -0.05) is 42.5 Å². The molecule has 0 aliphatic heterocycles. The van der Waals surface area contributed by atoms with Crippen LogP contribution in [0.2, 0.25) is 0 Å².